The van der Waals surface area contributed by atoms with E-state index in [1.165, 1.54) is 4.31 Å². The van der Waals surface area contributed by atoms with Gasteiger partial charge in [-0.1, -0.05) is 12.8 Å². The maximum Gasteiger partial charge on any atom is 0.232 e. The molecule has 0 aliphatic heterocycles. The highest BCUT2D eigenvalue weighted by Crippen LogP contribution is 2.25. The van der Waals surface area contributed by atoms with Crippen LogP contribution in [0, 0.1) is 0 Å². The minimum atomic E-state index is -3.45. The van der Waals surface area contributed by atoms with Crippen LogP contribution < -0.4 is 5.73 Å². The number of carbonyl (C=O) groups is 1. The highest BCUT2D eigenvalue weighted by atomic mass is 35.5. The van der Waals surface area contributed by atoms with E-state index in [4.69, 9.17) is 17.3 Å². The summed E-state index contributed by atoms with van der Waals surface area (Å²) in [5.41, 5.74) is 5.08. The first-order valence-electron chi connectivity index (χ1n) is 5.31. The van der Waals surface area contributed by atoms with E-state index in [2.05, 4.69) is 0 Å². The molecule has 1 saturated carbocycles. The van der Waals surface area contributed by atoms with E-state index in [-0.39, 0.29) is 24.2 Å². The topological polar surface area (TPSA) is 80.5 Å². The maximum absolute atomic E-state index is 11.9. The summed E-state index contributed by atoms with van der Waals surface area (Å²) in [7, 11) is -3.45. The molecule has 5 nitrogen and oxygen atoms in total. The third-order valence-corrected chi connectivity index (χ3v) is 5.01. The van der Waals surface area contributed by atoms with E-state index in [9.17, 15) is 13.2 Å². The van der Waals surface area contributed by atoms with Gasteiger partial charge in [0.05, 0.1) is 12.3 Å². The number of alkyl halides is 1. The number of amides is 1. The third kappa shape index (κ3) is 3.61. The number of hydrogen-bond acceptors (Lipinski definition) is 3. The molecule has 94 valence electrons. The summed E-state index contributed by atoms with van der Waals surface area (Å²) < 4.78 is 25.0. The Kier molecular flexibility index (Phi) is 5.01. The quantitative estimate of drug-likeness (QED) is 0.703. The first-order chi connectivity index (χ1) is 7.47. The number of nitrogens with two attached hydrogens (primary N) is 1. The van der Waals surface area contributed by atoms with E-state index in [0.717, 1.165) is 25.7 Å². The average Bonchev–Trinajstić information content (AvgIpc) is 2.66. The zero-order chi connectivity index (χ0) is 12.2. The van der Waals surface area contributed by atoms with Crippen LogP contribution in [0.2, 0.25) is 0 Å². The van der Waals surface area contributed by atoms with Crippen LogP contribution in [0.3, 0.4) is 0 Å². The molecule has 0 radical (unpaired) electrons. The van der Waals surface area contributed by atoms with Crippen LogP contribution >= 0.6 is 11.6 Å². The van der Waals surface area contributed by atoms with Crippen molar-refractivity contribution in [3.05, 3.63) is 0 Å². The summed E-state index contributed by atoms with van der Waals surface area (Å²) in [5, 5.41) is 0. The Hall–Kier alpha value is -0.330. The first-order valence-corrected chi connectivity index (χ1v) is 7.45. The monoisotopic (exact) mass is 268 g/mol. The van der Waals surface area contributed by atoms with Crippen LogP contribution in [0.25, 0.3) is 0 Å². The van der Waals surface area contributed by atoms with Crippen LogP contribution in [0.5, 0.6) is 0 Å². The fourth-order valence-electron chi connectivity index (χ4n) is 2.02. The molecule has 0 saturated heterocycles. The zero-order valence-electron chi connectivity index (χ0n) is 9.06. The summed E-state index contributed by atoms with van der Waals surface area (Å²) in [6.07, 6.45) is 3.59. The van der Waals surface area contributed by atoms with Gasteiger partial charge in [0.25, 0.3) is 0 Å². The van der Waals surface area contributed by atoms with E-state index in [0.29, 0.717) is 0 Å². The van der Waals surface area contributed by atoms with E-state index >= 15 is 0 Å². The molecule has 1 amide bonds. The SMILES string of the molecule is NC(=O)CN(C1CCCC1)S(=O)(=O)CCCl. The van der Waals surface area contributed by atoms with Crippen molar-refractivity contribution in [1.82, 2.24) is 4.31 Å². The van der Waals surface area contributed by atoms with Gasteiger partial charge in [0.2, 0.25) is 15.9 Å². The lowest BCUT2D eigenvalue weighted by atomic mass is 10.2. The van der Waals surface area contributed by atoms with Gasteiger partial charge in [-0.05, 0) is 12.8 Å². The number of carbonyl (C=O) groups excluding carboxylic acids is 1. The van der Waals surface area contributed by atoms with Crippen molar-refractivity contribution in [2.75, 3.05) is 18.2 Å². The third-order valence-electron chi connectivity index (χ3n) is 2.74. The molecule has 0 bridgehead atoms. The number of nitrogens with zero attached hydrogens (tertiary/aromatic N) is 1. The molecule has 1 aliphatic rings. The maximum atomic E-state index is 11.9. The summed E-state index contributed by atoms with van der Waals surface area (Å²) >= 11 is 5.45. The van der Waals surface area contributed by atoms with Gasteiger partial charge in [-0.15, -0.1) is 11.6 Å². The van der Waals surface area contributed by atoms with Crippen LogP contribution in [-0.2, 0) is 14.8 Å². The smallest absolute Gasteiger partial charge is 0.232 e. The molecule has 1 aliphatic carbocycles. The Balaban J connectivity index is 2.81. The van der Waals surface area contributed by atoms with Crippen molar-refractivity contribution in [2.24, 2.45) is 5.73 Å². The lowest BCUT2D eigenvalue weighted by Crippen LogP contribution is -2.45. The van der Waals surface area contributed by atoms with Crippen molar-refractivity contribution in [2.45, 2.75) is 31.7 Å². The van der Waals surface area contributed by atoms with E-state index in [1.54, 1.807) is 0 Å². The van der Waals surface area contributed by atoms with Crippen LogP contribution in [0.4, 0.5) is 0 Å². The van der Waals surface area contributed by atoms with Crippen molar-refractivity contribution < 1.29 is 13.2 Å². The second-order valence-electron chi connectivity index (χ2n) is 3.95. The van der Waals surface area contributed by atoms with Gasteiger partial charge in [0.15, 0.2) is 0 Å². The normalized spacial score (nSPS) is 18.1. The predicted octanol–water partition coefficient (Wildman–Crippen LogP) is 0.285. The van der Waals surface area contributed by atoms with Gasteiger partial charge in [-0.25, -0.2) is 8.42 Å². The number of primary amides is 1. The van der Waals surface area contributed by atoms with Crippen molar-refractivity contribution in [3.63, 3.8) is 0 Å². The average molecular weight is 269 g/mol. The first kappa shape index (κ1) is 13.7. The molecule has 0 aromatic heterocycles. The molecule has 0 spiro atoms. The zero-order valence-corrected chi connectivity index (χ0v) is 10.6. The van der Waals surface area contributed by atoms with Gasteiger partial charge in [0, 0.05) is 11.9 Å². The highest BCUT2D eigenvalue weighted by molar-refractivity contribution is 7.89. The lowest BCUT2D eigenvalue weighted by molar-refractivity contribution is -0.118. The van der Waals surface area contributed by atoms with E-state index in [1.807, 2.05) is 0 Å². The highest BCUT2D eigenvalue weighted by Gasteiger charge is 2.32. The molecule has 16 heavy (non-hydrogen) atoms. The van der Waals surface area contributed by atoms with Crippen LogP contribution in [-0.4, -0.2) is 42.8 Å². The Morgan fingerprint density at radius 2 is 1.94 bits per heavy atom. The summed E-state index contributed by atoms with van der Waals surface area (Å²) in [5.74, 6) is -0.729. The van der Waals surface area contributed by atoms with Gasteiger partial charge in [-0.3, -0.25) is 4.79 Å². The largest absolute Gasteiger partial charge is 0.369 e. The molecule has 0 aromatic rings. The summed E-state index contributed by atoms with van der Waals surface area (Å²) in [6.45, 7) is -0.232. The number of rotatable bonds is 6. The Morgan fingerprint density at radius 3 is 2.38 bits per heavy atom. The van der Waals surface area contributed by atoms with Gasteiger partial charge in [0.1, 0.15) is 0 Å². The molecule has 0 heterocycles. The van der Waals surface area contributed by atoms with Crippen molar-refractivity contribution in [1.29, 1.82) is 0 Å². The lowest BCUT2D eigenvalue weighted by Gasteiger charge is -2.26. The van der Waals surface area contributed by atoms with Crippen LogP contribution in [0.1, 0.15) is 25.7 Å². The van der Waals surface area contributed by atoms with Crippen molar-refractivity contribution in [3.8, 4) is 0 Å². The number of halogens is 1. The molecule has 0 unspecified atom stereocenters. The van der Waals surface area contributed by atoms with Crippen LogP contribution in [0.15, 0.2) is 0 Å². The molecule has 1 fully saturated rings. The minimum Gasteiger partial charge on any atom is -0.369 e. The molecule has 0 atom stereocenters. The number of sulfonamides is 1. The second-order valence-corrected chi connectivity index (χ2v) is 6.37. The molecule has 2 N–H and O–H groups in total. The van der Waals surface area contributed by atoms with Gasteiger partial charge < -0.3 is 5.73 Å². The Labute approximate surface area is 101 Å². The second kappa shape index (κ2) is 5.84. The van der Waals surface area contributed by atoms with Gasteiger partial charge >= 0.3 is 0 Å². The Bertz CT molecular complexity index is 339. The molecular weight excluding hydrogens is 252 g/mol. The molecular formula is C9H17ClN2O3S. The fourth-order valence-corrected chi connectivity index (χ4v) is 4.02. The molecule has 1 rings (SSSR count). The van der Waals surface area contributed by atoms with Crippen molar-refractivity contribution >= 4 is 27.5 Å². The molecule has 7 heteroatoms. The molecule has 0 aromatic carbocycles. The number of hydrogen-bond donors (Lipinski definition) is 1. The summed E-state index contributed by atoms with van der Waals surface area (Å²) in [4.78, 5) is 10.9. The minimum absolute atomic E-state index is 0.0321. The van der Waals surface area contributed by atoms with Gasteiger partial charge in [-0.2, -0.15) is 4.31 Å². The predicted molar refractivity (Wildman–Crippen MR) is 62.7 cm³/mol. The Morgan fingerprint density at radius 1 is 1.38 bits per heavy atom. The van der Waals surface area contributed by atoms with E-state index < -0.39 is 15.9 Å². The standard InChI is InChI=1S/C9H17ClN2O3S/c10-5-6-16(14,15)12(7-9(11)13)8-3-1-2-4-8/h8H,1-7H2,(H2,11,13). The summed E-state index contributed by atoms with van der Waals surface area (Å²) in [6, 6.07) is -0.0827. The fraction of sp³-hybridized carbons (Fsp3) is 0.889.